The molecule has 1 heterocycles. The second kappa shape index (κ2) is 4.99. The number of hydrogen-bond donors (Lipinski definition) is 1. The van der Waals surface area contributed by atoms with Crippen molar-refractivity contribution in [3.8, 4) is 5.75 Å². The predicted molar refractivity (Wildman–Crippen MR) is 58.4 cm³/mol. The van der Waals surface area contributed by atoms with Crippen LogP contribution in [0.4, 0.5) is 19.3 Å². The lowest BCUT2D eigenvalue weighted by atomic mass is 10.2. The van der Waals surface area contributed by atoms with Crippen LogP contribution in [-0.4, -0.2) is 25.7 Å². The molecule has 0 unspecified atom stereocenters. The molecule has 0 atom stereocenters. The molecule has 4 nitrogen and oxygen atoms in total. The lowest BCUT2D eigenvalue weighted by Gasteiger charge is -2.27. The largest absolute Gasteiger partial charge is 0.435 e. The molecule has 1 aliphatic heterocycles. The lowest BCUT2D eigenvalue weighted by Crippen LogP contribution is -2.46. The molecular weight excluding hydrogens is 230 g/mol. The van der Waals surface area contributed by atoms with Crippen molar-refractivity contribution in [1.82, 2.24) is 5.32 Å². The van der Waals surface area contributed by atoms with E-state index >= 15 is 0 Å². The van der Waals surface area contributed by atoms with Crippen molar-refractivity contribution >= 4 is 11.7 Å². The average Bonchev–Trinajstić information content (AvgIpc) is 2.30. The fraction of sp³-hybridized carbons (Fsp3) is 0.364. The van der Waals surface area contributed by atoms with Crippen LogP contribution in [0.15, 0.2) is 24.3 Å². The van der Waals surface area contributed by atoms with E-state index in [0.29, 0.717) is 18.8 Å². The van der Waals surface area contributed by atoms with Crippen molar-refractivity contribution in [1.29, 1.82) is 0 Å². The van der Waals surface area contributed by atoms with Crippen molar-refractivity contribution in [2.45, 2.75) is 13.0 Å². The van der Waals surface area contributed by atoms with E-state index < -0.39 is 6.61 Å². The van der Waals surface area contributed by atoms with Crippen LogP contribution in [-0.2, 0) is 0 Å². The van der Waals surface area contributed by atoms with Gasteiger partial charge in [-0.25, -0.2) is 4.79 Å². The van der Waals surface area contributed by atoms with Crippen molar-refractivity contribution in [2.75, 3.05) is 18.0 Å². The van der Waals surface area contributed by atoms with Gasteiger partial charge in [0.2, 0.25) is 0 Å². The molecule has 2 rings (SSSR count). The van der Waals surface area contributed by atoms with Gasteiger partial charge in [0.25, 0.3) is 0 Å². The molecule has 0 spiro atoms. The summed E-state index contributed by atoms with van der Waals surface area (Å²) >= 11 is 0. The van der Waals surface area contributed by atoms with Gasteiger partial charge in [-0.3, -0.25) is 4.90 Å². The molecule has 0 aliphatic carbocycles. The Morgan fingerprint density at radius 3 is 2.59 bits per heavy atom. The highest BCUT2D eigenvalue weighted by molar-refractivity contribution is 5.92. The van der Waals surface area contributed by atoms with Crippen LogP contribution in [0, 0.1) is 0 Å². The molecule has 0 bridgehead atoms. The van der Waals surface area contributed by atoms with Crippen LogP contribution < -0.4 is 15.0 Å². The molecule has 1 aromatic rings. The van der Waals surface area contributed by atoms with Crippen LogP contribution in [0.3, 0.4) is 0 Å². The Morgan fingerprint density at radius 2 is 2.00 bits per heavy atom. The SMILES string of the molecule is O=C1NCCCN1c1ccc(OC(F)F)cc1. The van der Waals surface area contributed by atoms with E-state index in [9.17, 15) is 13.6 Å². The number of alkyl halides is 2. The summed E-state index contributed by atoms with van der Waals surface area (Å²) in [6.07, 6.45) is 0.862. The number of carbonyl (C=O) groups is 1. The van der Waals surface area contributed by atoms with Gasteiger partial charge in [0.1, 0.15) is 5.75 Å². The molecule has 1 N–H and O–H groups in total. The standard InChI is InChI=1S/C11H12F2N2O2/c12-10(13)17-9-4-2-8(3-5-9)15-7-1-6-14-11(15)16/h2-5,10H,1,6-7H2,(H,14,16). The zero-order chi connectivity index (χ0) is 12.3. The molecule has 2 amide bonds. The van der Waals surface area contributed by atoms with Crippen molar-refractivity contribution in [2.24, 2.45) is 0 Å². The zero-order valence-electron chi connectivity index (χ0n) is 9.03. The molecule has 1 fully saturated rings. The van der Waals surface area contributed by atoms with Crippen LogP contribution in [0.25, 0.3) is 0 Å². The summed E-state index contributed by atoms with van der Waals surface area (Å²) < 4.78 is 28.1. The van der Waals surface area contributed by atoms with Crippen LogP contribution in [0.2, 0.25) is 0 Å². The fourth-order valence-corrected chi connectivity index (χ4v) is 1.68. The van der Waals surface area contributed by atoms with E-state index in [1.54, 1.807) is 17.0 Å². The zero-order valence-corrected chi connectivity index (χ0v) is 9.03. The molecular formula is C11H12F2N2O2. The molecule has 0 radical (unpaired) electrons. The van der Waals surface area contributed by atoms with Gasteiger partial charge in [-0.05, 0) is 30.7 Å². The first-order valence-electron chi connectivity index (χ1n) is 5.27. The Hall–Kier alpha value is -1.85. The fourth-order valence-electron chi connectivity index (χ4n) is 1.68. The maximum Gasteiger partial charge on any atom is 0.387 e. The molecule has 1 aliphatic rings. The maximum atomic E-state index is 11.9. The third-order valence-corrected chi connectivity index (χ3v) is 2.45. The van der Waals surface area contributed by atoms with E-state index in [1.165, 1.54) is 12.1 Å². The van der Waals surface area contributed by atoms with Crippen molar-refractivity contribution in [3.63, 3.8) is 0 Å². The summed E-state index contributed by atoms with van der Waals surface area (Å²) in [6, 6.07) is 5.84. The summed E-state index contributed by atoms with van der Waals surface area (Å²) in [5.74, 6) is 0.0844. The maximum absolute atomic E-state index is 11.9. The van der Waals surface area contributed by atoms with E-state index in [4.69, 9.17) is 0 Å². The first kappa shape index (κ1) is 11.6. The number of amides is 2. The van der Waals surface area contributed by atoms with E-state index in [2.05, 4.69) is 10.1 Å². The molecule has 1 aromatic carbocycles. The first-order chi connectivity index (χ1) is 8.16. The van der Waals surface area contributed by atoms with Gasteiger partial charge in [0, 0.05) is 18.8 Å². The summed E-state index contributed by atoms with van der Waals surface area (Å²) in [5, 5.41) is 2.71. The third-order valence-electron chi connectivity index (χ3n) is 2.45. The van der Waals surface area contributed by atoms with Crippen LogP contribution >= 0.6 is 0 Å². The number of hydrogen-bond acceptors (Lipinski definition) is 2. The van der Waals surface area contributed by atoms with Crippen LogP contribution in [0.5, 0.6) is 5.75 Å². The van der Waals surface area contributed by atoms with Crippen molar-refractivity contribution < 1.29 is 18.3 Å². The quantitative estimate of drug-likeness (QED) is 0.882. The monoisotopic (exact) mass is 242 g/mol. The number of halogens is 2. The third kappa shape index (κ3) is 2.83. The Bertz CT molecular complexity index is 395. The minimum Gasteiger partial charge on any atom is -0.435 e. The number of ether oxygens (including phenoxy) is 1. The summed E-state index contributed by atoms with van der Waals surface area (Å²) in [5.41, 5.74) is 0.670. The summed E-state index contributed by atoms with van der Waals surface area (Å²) in [4.78, 5) is 13.1. The molecule has 92 valence electrons. The summed E-state index contributed by atoms with van der Waals surface area (Å²) in [7, 11) is 0. The minimum absolute atomic E-state index is 0.0844. The molecule has 1 saturated heterocycles. The van der Waals surface area contributed by atoms with E-state index in [1.807, 2.05) is 0 Å². The molecule has 0 aromatic heterocycles. The Morgan fingerprint density at radius 1 is 1.29 bits per heavy atom. The van der Waals surface area contributed by atoms with E-state index in [-0.39, 0.29) is 11.8 Å². The molecule has 17 heavy (non-hydrogen) atoms. The Labute approximate surface area is 97.2 Å². The Kier molecular flexibility index (Phi) is 3.41. The van der Waals surface area contributed by atoms with Gasteiger partial charge in [-0.15, -0.1) is 0 Å². The number of benzene rings is 1. The lowest BCUT2D eigenvalue weighted by molar-refractivity contribution is -0.0498. The number of urea groups is 1. The average molecular weight is 242 g/mol. The number of anilines is 1. The van der Waals surface area contributed by atoms with Gasteiger partial charge in [0.15, 0.2) is 0 Å². The highest BCUT2D eigenvalue weighted by Crippen LogP contribution is 2.21. The molecule has 0 saturated carbocycles. The Balaban J connectivity index is 2.08. The number of nitrogens with one attached hydrogen (secondary N) is 1. The van der Waals surface area contributed by atoms with Gasteiger partial charge in [0.05, 0.1) is 0 Å². The second-order valence-corrected chi connectivity index (χ2v) is 3.61. The second-order valence-electron chi connectivity index (χ2n) is 3.61. The van der Waals surface area contributed by atoms with Gasteiger partial charge in [-0.1, -0.05) is 0 Å². The topological polar surface area (TPSA) is 41.6 Å². The first-order valence-corrected chi connectivity index (χ1v) is 5.27. The van der Waals surface area contributed by atoms with Crippen molar-refractivity contribution in [3.05, 3.63) is 24.3 Å². The highest BCUT2D eigenvalue weighted by atomic mass is 19.3. The summed E-state index contributed by atoms with van der Waals surface area (Å²) in [6.45, 7) is -1.54. The number of carbonyl (C=O) groups excluding carboxylic acids is 1. The predicted octanol–water partition coefficient (Wildman–Crippen LogP) is 2.21. The smallest absolute Gasteiger partial charge is 0.387 e. The number of rotatable bonds is 3. The van der Waals surface area contributed by atoms with E-state index in [0.717, 1.165) is 6.42 Å². The highest BCUT2D eigenvalue weighted by Gasteiger charge is 2.18. The number of nitrogens with zero attached hydrogens (tertiary/aromatic N) is 1. The minimum atomic E-state index is -2.83. The van der Waals surface area contributed by atoms with Gasteiger partial charge >= 0.3 is 12.6 Å². The molecule has 6 heteroatoms. The van der Waals surface area contributed by atoms with Gasteiger partial charge < -0.3 is 10.1 Å². The normalized spacial score (nSPS) is 15.9. The van der Waals surface area contributed by atoms with Gasteiger partial charge in [-0.2, -0.15) is 8.78 Å². The van der Waals surface area contributed by atoms with Crippen LogP contribution in [0.1, 0.15) is 6.42 Å².